The number of phenolic OH excluding ortho intramolecular Hbond substituents is 1. The Morgan fingerprint density at radius 2 is 1.47 bits per heavy atom. The van der Waals surface area contributed by atoms with Gasteiger partial charge in [-0.3, -0.25) is 4.79 Å². The van der Waals surface area contributed by atoms with E-state index in [1.54, 1.807) is 78.9 Å². The predicted octanol–water partition coefficient (Wildman–Crippen LogP) is 6.80. The zero-order valence-corrected chi connectivity index (χ0v) is 17.4. The summed E-state index contributed by atoms with van der Waals surface area (Å²) in [7, 11) is -4.23. The molecule has 0 saturated heterocycles. The highest BCUT2D eigenvalue weighted by Gasteiger charge is 2.26. The molecule has 4 rings (SSSR count). The van der Waals surface area contributed by atoms with E-state index in [9.17, 15) is 23.6 Å². The molecule has 1 amide bonds. The van der Waals surface area contributed by atoms with Crippen LogP contribution in [0.5, 0.6) is 5.75 Å². The van der Waals surface area contributed by atoms with Crippen LogP contribution in [0.15, 0.2) is 100 Å². The fourth-order valence-electron chi connectivity index (χ4n) is 3.20. The molecule has 0 aliphatic rings. The number of benzene rings is 4. The zero-order chi connectivity index (χ0) is 22.7. The van der Waals surface area contributed by atoms with E-state index in [1.165, 1.54) is 6.07 Å². The minimum Gasteiger partial charge on any atom is -0.505 e. The van der Waals surface area contributed by atoms with Crippen molar-refractivity contribution in [3.8, 4) is 5.75 Å². The van der Waals surface area contributed by atoms with Gasteiger partial charge in [-0.1, -0.05) is 48.5 Å². The number of aromatic hydroxyl groups is 1. The zero-order valence-electron chi connectivity index (χ0n) is 16.6. The Labute approximate surface area is 185 Å². The highest BCUT2D eigenvalue weighted by molar-refractivity contribution is 8.19. The molecule has 0 aliphatic carbocycles. The monoisotopic (exact) mass is 449 g/mol. The number of carbonyl (C=O) groups is 1. The van der Waals surface area contributed by atoms with E-state index in [4.69, 9.17) is 0 Å². The molecule has 0 radical (unpaired) electrons. The van der Waals surface area contributed by atoms with Gasteiger partial charge in [0.25, 0.3) is 5.91 Å². The summed E-state index contributed by atoms with van der Waals surface area (Å²) in [6.45, 7) is 0. The molecule has 5 N–H and O–H groups in total. The number of anilines is 1. The van der Waals surface area contributed by atoms with Gasteiger partial charge < -0.3 is 24.1 Å². The van der Waals surface area contributed by atoms with Gasteiger partial charge in [-0.2, -0.15) is 5.11 Å². The Morgan fingerprint density at radius 1 is 0.812 bits per heavy atom. The Bertz CT molecular complexity index is 1310. The van der Waals surface area contributed by atoms with Crippen LogP contribution in [0, 0.1) is 0 Å². The second kappa shape index (κ2) is 8.77. The Morgan fingerprint density at radius 3 is 2.12 bits per heavy atom. The van der Waals surface area contributed by atoms with Crippen molar-refractivity contribution in [1.82, 2.24) is 0 Å². The van der Waals surface area contributed by atoms with E-state index < -0.39 is 16.6 Å². The molecule has 32 heavy (non-hydrogen) atoms. The molecule has 0 saturated carbocycles. The van der Waals surface area contributed by atoms with E-state index in [2.05, 4.69) is 15.5 Å². The van der Waals surface area contributed by atoms with Crippen molar-refractivity contribution in [2.24, 2.45) is 10.2 Å². The van der Waals surface area contributed by atoms with E-state index >= 15 is 0 Å². The normalized spacial score (nSPS) is 12.2. The van der Waals surface area contributed by atoms with Crippen LogP contribution in [0.1, 0.15) is 10.4 Å². The number of nitrogens with zero attached hydrogens (tertiary/aromatic N) is 2. The minimum atomic E-state index is -4.23. The van der Waals surface area contributed by atoms with Crippen LogP contribution < -0.4 is 5.32 Å². The van der Waals surface area contributed by atoms with Gasteiger partial charge in [0.2, 0.25) is 0 Å². The standard InChI is InChI=1S/C23H19N3O5S/c27-22-20-16(10-7-13-18(20)24-23(28)15-8-3-1-4-9-15)14-19(32(29,30)31)21(22)26-25-17-11-5-2-6-12-17/h1-14,27,29-31H,(H,24,28). The van der Waals surface area contributed by atoms with Crippen molar-refractivity contribution < 1.29 is 23.6 Å². The van der Waals surface area contributed by atoms with Gasteiger partial charge in [-0.05, 0) is 41.8 Å². The summed E-state index contributed by atoms with van der Waals surface area (Å²) < 4.78 is 29.8. The second-order valence-corrected chi connectivity index (χ2v) is 8.33. The molecular formula is C23H19N3O5S. The lowest BCUT2D eigenvalue weighted by atomic mass is 10.1. The van der Waals surface area contributed by atoms with Crippen LogP contribution in [-0.2, 0) is 0 Å². The highest BCUT2D eigenvalue weighted by atomic mass is 32.3. The molecule has 0 unspecified atom stereocenters. The quantitative estimate of drug-likeness (QED) is 0.214. The van der Waals surface area contributed by atoms with Crippen LogP contribution in [0.3, 0.4) is 0 Å². The van der Waals surface area contributed by atoms with Gasteiger partial charge in [-0.15, -0.1) is 5.11 Å². The third-order valence-corrected chi connectivity index (χ3v) is 5.58. The summed E-state index contributed by atoms with van der Waals surface area (Å²) in [4.78, 5) is 12.3. The van der Waals surface area contributed by atoms with Gasteiger partial charge in [-0.25, -0.2) is 0 Å². The summed E-state index contributed by atoms with van der Waals surface area (Å²) in [5.74, 6) is -0.851. The highest BCUT2D eigenvalue weighted by Crippen LogP contribution is 2.55. The lowest BCUT2D eigenvalue weighted by molar-refractivity contribution is 0.102. The molecule has 0 spiro atoms. The average Bonchev–Trinajstić information content (AvgIpc) is 2.79. The van der Waals surface area contributed by atoms with E-state index in [0.29, 0.717) is 16.6 Å². The van der Waals surface area contributed by atoms with Crippen molar-refractivity contribution in [3.05, 3.63) is 90.5 Å². The van der Waals surface area contributed by atoms with E-state index in [1.807, 2.05) is 0 Å². The Balaban J connectivity index is 1.86. The van der Waals surface area contributed by atoms with Crippen molar-refractivity contribution in [3.63, 3.8) is 0 Å². The number of azo groups is 1. The number of nitrogens with one attached hydrogen (secondary N) is 1. The van der Waals surface area contributed by atoms with Crippen molar-refractivity contribution in [2.45, 2.75) is 4.90 Å². The molecule has 0 aromatic heterocycles. The number of amides is 1. The van der Waals surface area contributed by atoms with Crippen LogP contribution >= 0.6 is 10.9 Å². The first-order valence-corrected chi connectivity index (χ1v) is 11.0. The topological polar surface area (TPSA) is 135 Å². The van der Waals surface area contributed by atoms with Crippen LogP contribution in [0.2, 0.25) is 0 Å². The maximum atomic E-state index is 12.6. The molecule has 0 aliphatic heterocycles. The lowest BCUT2D eigenvalue weighted by Crippen LogP contribution is -2.12. The maximum Gasteiger partial charge on any atom is 0.255 e. The molecule has 0 heterocycles. The first kappa shape index (κ1) is 21.5. The number of hydrogen-bond acceptors (Lipinski definition) is 7. The summed E-state index contributed by atoms with van der Waals surface area (Å²) >= 11 is 0. The van der Waals surface area contributed by atoms with Crippen molar-refractivity contribution >= 4 is 44.6 Å². The van der Waals surface area contributed by atoms with Crippen molar-refractivity contribution in [2.75, 3.05) is 5.32 Å². The fourth-order valence-corrected chi connectivity index (χ4v) is 3.88. The third-order valence-electron chi connectivity index (χ3n) is 4.68. The molecule has 162 valence electrons. The fraction of sp³-hybridized carbons (Fsp3) is 0. The number of hydrogen-bond donors (Lipinski definition) is 5. The molecule has 0 atom stereocenters. The van der Waals surface area contributed by atoms with Crippen LogP contribution in [0.25, 0.3) is 10.8 Å². The Hall–Kier alpha value is -3.76. The molecular weight excluding hydrogens is 430 g/mol. The average molecular weight is 449 g/mol. The molecule has 0 fully saturated rings. The number of carbonyl (C=O) groups excluding carboxylic acids is 1. The van der Waals surface area contributed by atoms with Crippen molar-refractivity contribution in [1.29, 1.82) is 0 Å². The van der Waals surface area contributed by atoms with Gasteiger partial charge >= 0.3 is 0 Å². The SMILES string of the molecule is O=C(Nc1cccc2cc(S(O)(O)O)c(N=Nc3ccccc3)c(O)c12)c1ccccc1. The number of rotatable bonds is 5. The largest absolute Gasteiger partial charge is 0.505 e. The summed E-state index contributed by atoms with van der Waals surface area (Å²) in [6, 6.07) is 23.3. The first-order valence-electron chi connectivity index (χ1n) is 9.47. The maximum absolute atomic E-state index is 12.6. The van der Waals surface area contributed by atoms with Gasteiger partial charge in [0.05, 0.1) is 16.3 Å². The van der Waals surface area contributed by atoms with E-state index in [-0.39, 0.29) is 27.6 Å². The van der Waals surface area contributed by atoms with Crippen LogP contribution in [0.4, 0.5) is 17.1 Å². The summed E-state index contributed by atoms with van der Waals surface area (Å²) in [5.41, 5.74) is 0.850. The molecule has 4 aromatic carbocycles. The predicted molar refractivity (Wildman–Crippen MR) is 124 cm³/mol. The second-order valence-electron chi connectivity index (χ2n) is 6.85. The first-order chi connectivity index (χ1) is 15.3. The molecule has 4 aromatic rings. The van der Waals surface area contributed by atoms with Gasteiger partial charge in [0.15, 0.2) is 5.75 Å². The summed E-state index contributed by atoms with van der Waals surface area (Å²) in [6.07, 6.45) is 0. The molecule has 0 bridgehead atoms. The molecule has 8 nitrogen and oxygen atoms in total. The smallest absolute Gasteiger partial charge is 0.255 e. The number of phenols is 1. The lowest BCUT2D eigenvalue weighted by Gasteiger charge is -2.22. The summed E-state index contributed by atoms with van der Waals surface area (Å²) in [5, 5.41) is 22.3. The molecule has 9 heteroatoms. The van der Waals surface area contributed by atoms with Gasteiger partial charge in [0, 0.05) is 10.9 Å². The number of fused-ring (bicyclic) bond motifs is 1. The van der Waals surface area contributed by atoms with Crippen LogP contribution in [-0.4, -0.2) is 24.7 Å². The van der Waals surface area contributed by atoms with Gasteiger partial charge in [0.1, 0.15) is 16.6 Å². The Kier molecular flexibility index (Phi) is 5.89. The van der Waals surface area contributed by atoms with E-state index in [0.717, 1.165) is 0 Å². The minimum absolute atomic E-state index is 0.214. The third kappa shape index (κ3) is 4.46.